The number of imide groups is 1. The number of aromatic nitrogens is 1. The third-order valence-corrected chi connectivity index (χ3v) is 14.8. The van der Waals surface area contributed by atoms with E-state index in [4.69, 9.17) is 23.9 Å². The second kappa shape index (κ2) is 20.6. The van der Waals surface area contributed by atoms with Crippen LogP contribution in [0.25, 0.3) is 10.2 Å². The monoisotopic (exact) mass is 1010 g/mol. The van der Waals surface area contributed by atoms with Crippen LogP contribution in [-0.4, -0.2) is 84.3 Å². The molecule has 2 saturated heterocycles. The Hall–Kier alpha value is -8.36. The van der Waals surface area contributed by atoms with Gasteiger partial charge in [-0.3, -0.25) is 19.3 Å². The summed E-state index contributed by atoms with van der Waals surface area (Å²) in [5.74, 6) is 2.29. The van der Waals surface area contributed by atoms with Gasteiger partial charge in [-0.1, -0.05) is 122 Å². The molecule has 0 radical (unpaired) electrons. The molecule has 74 heavy (non-hydrogen) atoms. The number of nitrogens with zero attached hydrogens (tertiary/aromatic N) is 3. The molecular weight excluding hydrogens is 959 g/mol. The molecule has 4 heterocycles. The topological polar surface area (TPSA) is 186 Å². The number of urea groups is 1. The number of thiazole rings is 1. The predicted octanol–water partition coefficient (Wildman–Crippen LogP) is 8.29. The molecule has 2 fully saturated rings. The standard InChI is InChI=1S/C58H51N5O10S/c1-34(2)47(53(66)71-4)60-57(69)62-44-30-23-36(20-19-35-21-26-40(70-3)27-22-35)33-42(44)58(55(62)68)46(52(65)61-56-59-43-17-11-12-18-45(43)74-56)49-54(67)73-50(38-15-9-6-10-16-38)48(37-13-7-5-8-14-37)63(49)51(58)39-24-28-41(29-25-39)72-32-31-64/h5-18,21-30,33-34,46-51,64H,31-32H2,1-4H3,(H,60,69)(H,59,61,65)/t46-,47+,48-,49-,50+,51+,58-/m1/s1. The van der Waals surface area contributed by atoms with Crippen LogP contribution in [0.2, 0.25) is 0 Å². The Labute approximate surface area is 431 Å². The number of morpholine rings is 1. The first kappa shape index (κ1) is 49.2. The van der Waals surface area contributed by atoms with E-state index in [0.29, 0.717) is 44.8 Å². The van der Waals surface area contributed by atoms with Crippen LogP contribution in [0, 0.1) is 23.7 Å². The SMILES string of the molecule is COC(=O)[C@@H](NC(=O)N1C(=O)[C@@]2(c3cc(C#Cc4ccc(OC)cc4)ccc31)[C@H](c1ccc(OCCO)cc1)N1[C@H](c3ccccc3)[C@H](c3ccccc3)OC(=O)[C@H]1[C@@H]2C(=O)Nc1nc2ccccc2s1)C(C)C. The Morgan fingerprint density at radius 3 is 2.09 bits per heavy atom. The molecule has 7 atom stereocenters. The number of aliphatic hydroxyl groups is 1. The molecule has 1 aromatic heterocycles. The van der Waals surface area contributed by atoms with E-state index in [9.17, 15) is 9.90 Å². The van der Waals surface area contributed by atoms with Crippen molar-refractivity contribution in [1.82, 2.24) is 15.2 Å². The lowest BCUT2D eigenvalue weighted by molar-refractivity contribution is -0.177. The molecule has 4 amide bonds. The Bertz CT molecular complexity index is 3290. The molecule has 3 N–H and O–H groups in total. The van der Waals surface area contributed by atoms with Gasteiger partial charge in [-0.25, -0.2) is 19.5 Å². The number of nitrogens with one attached hydrogen (secondary N) is 2. The molecule has 1 spiro atoms. The van der Waals surface area contributed by atoms with Crippen LogP contribution in [0.1, 0.15) is 65.4 Å². The average Bonchev–Trinajstić information content (AvgIpc) is 4.13. The normalized spacial score (nSPS) is 21.3. The third-order valence-electron chi connectivity index (χ3n) is 13.9. The fourth-order valence-corrected chi connectivity index (χ4v) is 11.5. The van der Waals surface area contributed by atoms with Crippen molar-refractivity contribution in [2.45, 2.75) is 49.5 Å². The molecule has 0 bridgehead atoms. The molecule has 7 aromatic rings. The third kappa shape index (κ3) is 8.78. The maximum atomic E-state index is 16.8. The predicted molar refractivity (Wildman–Crippen MR) is 277 cm³/mol. The number of amides is 4. The van der Waals surface area contributed by atoms with Crippen LogP contribution in [0.15, 0.2) is 152 Å². The summed E-state index contributed by atoms with van der Waals surface area (Å²) in [4.78, 5) is 84.5. The van der Waals surface area contributed by atoms with Gasteiger partial charge >= 0.3 is 18.0 Å². The second-order valence-corrected chi connectivity index (χ2v) is 19.5. The minimum absolute atomic E-state index is 0.00875. The first-order valence-corrected chi connectivity index (χ1v) is 24.9. The van der Waals surface area contributed by atoms with E-state index in [2.05, 4.69) is 22.5 Å². The van der Waals surface area contributed by atoms with Gasteiger partial charge in [0.15, 0.2) is 5.13 Å². The van der Waals surface area contributed by atoms with E-state index < -0.39 is 77.3 Å². The number of carbonyl (C=O) groups excluding carboxylic acids is 5. The fourth-order valence-electron chi connectivity index (χ4n) is 10.6. The first-order chi connectivity index (χ1) is 36.0. The quantitative estimate of drug-likeness (QED) is 0.0787. The number of carbonyl (C=O) groups is 5. The summed E-state index contributed by atoms with van der Waals surface area (Å²) in [5, 5.41) is 15.7. The molecular formula is C58H51N5O10S. The Balaban J connectivity index is 1.27. The maximum absolute atomic E-state index is 16.8. The summed E-state index contributed by atoms with van der Waals surface area (Å²) in [6.45, 7) is 3.23. The number of aliphatic hydroxyl groups excluding tert-OH is 1. The lowest BCUT2D eigenvalue weighted by Gasteiger charge is -2.46. The number of hydrogen-bond acceptors (Lipinski definition) is 13. The number of cyclic esters (lactones) is 1. The van der Waals surface area contributed by atoms with Gasteiger partial charge in [0, 0.05) is 11.1 Å². The Morgan fingerprint density at radius 1 is 0.784 bits per heavy atom. The van der Waals surface area contributed by atoms with Crippen molar-refractivity contribution in [3.05, 3.63) is 185 Å². The van der Waals surface area contributed by atoms with Gasteiger partial charge in [-0.15, -0.1) is 0 Å². The minimum atomic E-state index is -2.15. The summed E-state index contributed by atoms with van der Waals surface area (Å²) in [7, 11) is 2.78. The molecule has 0 unspecified atom stereocenters. The first-order valence-electron chi connectivity index (χ1n) is 24.1. The van der Waals surface area contributed by atoms with E-state index in [1.165, 1.54) is 18.4 Å². The number of anilines is 2. The van der Waals surface area contributed by atoms with Gasteiger partial charge in [-0.2, -0.15) is 0 Å². The maximum Gasteiger partial charge on any atom is 0.329 e. The molecule has 10 rings (SSSR count). The number of esters is 2. The summed E-state index contributed by atoms with van der Waals surface area (Å²) in [6.07, 6.45) is -0.968. The Morgan fingerprint density at radius 2 is 1.43 bits per heavy atom. The molecule has 16 heteroatoms. The fraction of sp³-hybridized carbons (Fsp3) is 0.241. The van der Waals surface area contributed by atoms with Gasteiger partial charge in [0.05, 0.1) is 54.7 Å². The van der Waals surface area contributed by atoms with E-state index in [1.807, 2.05) is 102 Å². The summed E-state index contributed by atoms with van der Waals surface area (Å²) < 4.78 is 23.7. The molecule has 0 saturated carbocycles. The van der Waals surface area contributed by atoms with Crippen LogP contribution in [0.5, 0.6) is 11.5 Å². The highest BCUT2D eigenvalue weighted by Gasteiger charge is 2.75. The summed E-state index contributed by atoms with van der Waals surface area (Å²) in [5.41, 5.74) is 1.74. The average molecular weight is 1010 g/mol. The van der Waals surface area contributed by atoms with Crippen molar-refractivity contribution in [2.24, 2.45) is 11.8 Å². The highest BCUT2D eigenvalue weighted by Crippen LogP contribution is 2.66. The number of methoxy groups -OCH3 is 2. The molecule has 3 aliphatic heterocycles. The van der Waals surface area contributed by atoms with Crippen LogP contribution in [0.3, 0.4) is 0 Å². The number of benzene rings is 6. The summed E-state index contributed by atoms with van der Waals surface area (Å²) >= 11 is 1.23. The highest BCUT2D eigenvalue weighted by atomic mass is 32.1. The van der Waals surface area contributed by atoms with Gasteiger partial charge < -0.3 is 34.7 Å². The number of fused-ring (bicyclic) bond motifs is 4. The zero-order valence-electron chi connectivity index (χ0n) is 40.8. The van der Waals surface area contributed by atoms with E-state index in [1.54, 1.807) is 75.6 Å². The van der Waals surface area contributed by atoms with Gasteiger partial charge in [0.2, 0.25) is 11.8 Å². The van der Waals surface area contributed by atoms with Crippen molar-refractivity contribution in [3.8, 4) is 23.3 Å². The molecule has 6 aromatic carbocycles. The highest BCUT2D eigenvalue weighted by molar-refractivity contribution is 7.22. The lowest BCUT2D eigenvalue weighted by Crippen LogP contribution is -2.57. The zero-order valence-corrected chi connectivity index (χ0v) is 41.6. The van der Waals surface area contributed by atoms with Crippen molar-refractivity contribution >= 4 is 62.2 Å². The van der Waals surface area contributed by atoms with Gasteiger partial charge in [-0.05, 0) is 94.9 Å². The number of ether oxygens (including phenoxy) is 4. The largest absolute Gasteiger partial charge is 0.497 e. The second-order valence-electron chi connectivity index (χ2n) is 18.4. The van der Waals surface area contributed by atoms with Crippen LogP contribution in [-0.2, 0) is 34.1 Å². The zero-order chi connectivity index (χ0) is 51.7. The smallest absolute Gasteiger partial charge is 0.329 e. The van der Waals surface area contributed by atoms with E-state index in [-0.39, 0.29) is 29.6 Å². The van der Waals surface area contributed by atoms with Crippen molar-refractivity contribution in [3.63, 3.8) is 0 Å². The van der Waals surface area contributed by atoms with Crippen molar-refractivity contribution in [1.29, 1.82) is 0 Å². The molecule has 374 valence electrons. The minimum Gasteiger partial charge on any atom is -0.497 e. The van der Waals surface area contributed by atoms with Crippen molar-refractivity contribution < 1.29 is 48.0 Å². The van der Waals surface area contributed by atoms with Crippen LogP contribution >= 0.6 is 11.3 Å². The van der Waals surface area contributed by atoms with Gasteiger partial charge in [0.25, 0.3) is 0 Å². The molecule has 0 aliphatic carbocycles. The lowest BCUT2D eigenvalue weighted by atomic mass is 9.65. The number of hydrogen-bond donors (Lipinski definition) is 3. The van der Waals surface area contributed by atoms with Crippen molar-refractivity contribution in [2.75, 3.05) is 37.7 Å². The number of para-hydroxylation sites is 1. The van der Waals surface area contributed by atoms with Gasteiger partial charge in [0.1, 0.15) is 41.7 Å². The molecule has 15 nitrogen and oxygen atoms in total. The molecule has 3 aliphatic rings. The van der Waals surface area contributed by atoms with E-state index in [0.717, 1.165) is 9.60 Å². The number of rotatable bonds is 12. The van der Waals surface area contributed by atoms with E-state index >= 15 is 19.2 Å². The van der Waals surface area contributed by atoms with Crippen LogP contribution < -0.4 is 25.0 Å². The Kier molecular flexibility index (Phi) is 13.7. The summed E-state index contributed by atoms with van der Waals surface area (Å²) in [6, 6.07) is 39.5. The van der Waals surface area contributed by atoms with Crippen LogP contribution in [0.4, 0.5) is 15.6 Å².